The van der Waals surface area contributed by atoms with E-state index in [1.54, 1.807) is 18.6 Å². The van der Waals surface area contributed by atoms with Crippen LogP contribution in [0.5, 0.6) is 0 Å². The zero-order valence-electron chi connectivity index (χ0n) is 17.7. The number of carbonyl (C=O) groups is 2. The lowest BCUT2D eigenvalue weighted by Gasteiger charge is -2.24. The molecule has 0 saturated heterocycles. The molecule has 2 aliphatic heterocycles. The molecule has 1 unspecified atom stereocenters. The Morgan fingerprint density at radius 3 is 2.68 bits per heavy atom. The number of halogens is 3. The topological polar surface area (TPSA) is 123 Å². The summed E-state index contributed by atoms with van der Waals surface area (Å²) in [6.45, 7) is 0. The first-order valence-electron chi connectivity index (χ1n) is 10.6. The summed E-state index contributed by atoms with van der Waals surface area (Å²) in [4.78, 5) is 36.6. The average molecular weight is 471 g/mol. The van der Waals surface area contributed by atoms with Crippen LogP contribution in [-0.2, 0) is 11.0 Å². The third-order valence-electron chi connectivity index (χ3n) is 5.81. The summed E-state index contributed by atoms with van der Waals surface area (Å²) in [6, 6.07) is 1.59. The molecule has 0 radical (unpaired) electrons. The number of anilines is 1. The molecule has 0 fully saturated rings. The lowest BCUT2D eigenvalue weighted by molar-refractivity contribution is -0.137. The van der Waals surface area contributed by atoms with E-state index in [1.807, 2.05) is 6.08 Å². The summed E-state index contributed by atoms with van der Waals surface area (Å²) in [5.41, 5.74) is 0.0426. The molecule has 3 aliphatic rings. The van der Waals surface area contributed by atoms with Gasteiger partial charge in [-0.25, -0.2) is 4.98 Å². The maximum atomic E-state index is 13.5. The van der Waals surface area contributed by atoms with Crippen molar-refractivity contribution >= 4 is 34.5 Å². The van der Waals surface area contributed by atoms with Crippen LogP contribution in [0, 0.1) is 5.92 Å². The molecule has 1 aliphatic carbocycles. The lowest BCUT2D eigenvalue weighted by atomic mass is 9.84. The van der Waals surface area contributed by atoms with Gasteiger partial charge < -0.3 is 20.9 Å². The zero-order valence-corrected chi connectivity index (χ0v) is 17.7. The molecule has 5 rings (SSSR count). The van der Waals surface area contributed by atoms with Crippen molar-refractivity contribution in [1.29, 1.82) is 0 Å². The number of nitrogens with zero attached hydrogens (tertiary/aromatic N) is 2. The van der Waals surface area contributed by atoms with Crippen molar-refractivity contribution < 1.29 is 22.8 Å². The van der Waals surface area contributed by atoms with E-state index in [1.165, 1.54) is 0 Å². The van der Waals surface area contributed by atoms with Crippen LogP contribution in [0.1, 0.15) is 35.2 Å². The standard InChI is InChI=1S/C22H20F3N7O2/c23-22(24,25)13-8-14(18(33)31-20-26-5-6-27-20)17-15(9-13)29-21(30-17)32-19(34)16-7-11-3-1-2-4-12(11)10-28-16/h2,4-6,8-11,20,26-27H,1,3,7H2,(H,31,33)(H2,29,30,32,34). The Balaban J connectivity index is 1.43. The number of aromatic amines is 1. The van der Waals surface area contributed by atoms with Gasteiger partial charge in [0.15, 0.2) is 6.29 Å². The van der Waals surface area contributed by atoms with Gasteiger partial charge in [-0.15, -0.1) is 0 Å². The van der Waals surface area contributed by atoms with Crippen molar-refractivity contribution in [3.8, 4) is 0 Å². The number of aliphatic imine (C=N–C) groups is 1. The summed E-state index contributed by atoms with van der Waals surface area (Å²) < 4.78 is 40.4. The fourth-order valence-corrected chi connectivity index (χ4v) is 4.10. The van der Waals surface area contributed by atoms with E-state index in [2.05, 4.69) is 42.3 Å². The fourth-order valence-electron chi connectivity index (χ4n) is 4.10. The van der Waals surface area contributed by atoms with Crippen LogP contribution >= 0.6 is 0 Å². The molecule has 0 saturated carbocycles. The third kappa shape index (κ3) is 4.26. The maximum Gasteiger partial charge on any atom is 0.416 e. The van der Waals surface area contributed by atoms with Gasteiger partial charge in [-0.2, -0.15) is 13.2 Å². The Bertz CT molecular complexity index is 1280. The molecule has 0 bridgehead atoms. The zero-order chi connectivity index (χ0) is 23.9. The van der Waals surface area contributed by atoms with Gasteiger partial charge in [0.1, 0.15) is 11.2 Å². The number of benzene rings is 1. The van der Waals surface area contributed by atoms with Crippen LogP contribution in [0.25, 0.3) is 11.0 Å². The number of amides is 2. The molecule has 5 N–H and O–H groups in total. The second-order valence-electron chi connectivity index (χ2n) is 8.12. The quantitative estimate of drug-likeness (QED) is 0.469. The first-order valence-corrected chi connectivity index (χ1v) is 10.6. The minimum absolute atomic E-state index is 0.00283. The van der Waals surface area contributed by atoms with E-state index >= 15 is 0 Å². The molecule has 176 valence electrons. The van der Waals surface area contributed by atoms with Gasteiger partial charge in [-0.3, -0.25) is 19.9 Å². The molecule has 2 aromatic rings. The molecule has 2 amide bonds. The molecule has 3 heterocycles. The Hall–Kier alpha value is -4.09. The summed E-state index contributed by atoms with van der Waals surface area (Å²) in [5.74, 6) is -1.14. The number of imidazole rings is 1. The monoisotopic (exact) mass is 471 g/mol. The predicted octanol–water partition coefficient (Wildman–Crippen LogP) is 2.89. The molecule has 1 aromatic carbocycles. The molecule has 12 heteroatoms. The molecule has 9 nitrogen and oxygen atoms in total. The molecular weight excluding hydrogens is 451 g/mol. The number of hydrogen-bond donors (Lipinski definition) is 5. The molecule has 1 atom stereocenters. The Kier molecular flexibility index (Phi) is 5.34. The first-order chi connectivity index (χ1) is 16.3. The average Bonchev–Trinajstić information content (AvgIpc) is 3.46. The van der Waals surface area contributed by atoms with Crippen LogP contribution in [0.4, 0.5) is 19.1 Å². The highest BCUT2D eigenvalue weighted by molar-refractivity contribution is 6.43. The predicted molar refractivity (Wildman–Crippen MR) is 118 cm³/mol. The fraction of sp³-hybridized carbons (Fsp3) is 0.273. The van der Waals surface area contributed by atoms with E-state index in [0.717, 1.165) is 30.5 Å². The highest BCUT2D eigenvalue weighted by Crippen LogP contribution is 2.34. The van der Waals surface area contributed by atoms with E-state index in [4.69, 9.17) is 0 Å². The van der Waals surface area contributed by atoms with Gasteiger partial charge in [0.05, 0.1) is 16.6 Å². The van der Waals surface area contributed by atoms with Crippen LogP contribution in [0.15, 0.2) is 53.5 Å². The Labute approximate surface area is 191 Å². The van der Waals surface area contributed by atoms with E-state index in [-0.39, 0.29) is 28.5 Å². The van der Waals surface area contributed by atoms with Crippen molar-refractivity contribution in [2.45, 2.75) is 31.7 Å². The maximum absolute atomic E-state index is 13.5. The minimum atomic E-state index is -4.68. The summed E-state index contributed by atoms with van der Waals surface area (Å²) >= 11 is 0. The van der Waals surface area contributed by atoms with Crippen LogP contribution in [0.3, 0.4) is 0 Å². The minimum Gasteiger partial charge on any atom is -0.353 e. The summed E-state index contributed by atoms with van der Waals surface area (Å²) in [6.07, 6.45) is 5.77. The van der Waals surface area contributed by atoms with Crippen molar-refractivity contribution in [2.75, 3.05) is 5.32 Å². The van der Waals surface area contributed by atoms with Gasteiger partial charge in [0.2, 0.25) is 5.95 Å². The number of aromatic nitrogens is 2. The largest absolute Gasteiger partial charge is 0.416 e. The number of fused-ring (bicyclic) bond motifs is 2. The Morgan fingerprint density at radius 1 is 1.12 bits per heavy atom. The second-order valence-corrected chi connectivity index (χ2v) is 8.12. The van der Waals surface area contributed by atoms with Gasteiger partial charge in [-0.05, 0) is 36.5 Å². The van der Waals surface area contributed by atoms with E-state index in [0.29, 0.717) is 12.1 Å². The lowest BCUT2D eigenvalue weighted by Crippen LogP contribution is -2.48. The summed E-state index contributed by atoms with van der Waals surface area (Å²) in [5, 5.41) is 10.7. The number of H-pyrrole nitrogens is 1. The number of hydrogen-bond acceptors (Lipinski definition) is 6. The van der Waals surface area contributed by atoms with E-state index in [9.17, 15) is 22.8 Å². The number of rotatable bonds is 4. The van der Waals surface area contributed by atoms with Crippen molar-refractivity contribution in [2.24, 2.45) is 10.9 Å². The molecule has 1 aromatic heterocycles. The third-order valence-corrected chi connectivity index (χ3v) is 5.81. The Morgan fingerprint density at radius 2 is 1.91 bits per heavy atom. The normalized spacial score (nSPS) is 19.7. The van der Waals surface area contributed by atoms with Crippen molar-refractivity contribution in [1.82, 2.24) is 25.9 Å². The number of carbonyl (C=O) groups excluding carboxylic acids is 2. The first kappa shape index (κ1) is 21.7. The SMILES string of the molecule is O=C(Nc1nc2c(C(=O)NC3NC=CN3)cc(C(F)(F)F)cc2[nH]1)C1=NC=C2C=CCCC2C1. The molecule has 34 heavy (non-hydrogen) atoms. The molecular formula is C22H20F3N7O2. The summed E-state index contributed by atoms with van der Waals surface area (Å²) in [7, 11) is 0. The van der Waals surface area contributed by atoms with E-state index < -0.39 is 29.8 Å². The van der Waals surface area contributed by atoms with Crippen LogP contribution < -0.4 is 21.3 Å². The molecule has 0 spiro atoms. The van der Waals surface area contributed by atoms with Crippen molar-refractivity contribution in [3.63, 3.8) is 0 Å². The number of alkyl halides is 3. The highest BCUT2D eigenvalue weighted by Gasteiger charge is 2.33. The van der Waals surface area contributed by atoms with Gasteiger partial charge in [0.25, 0.3) is 11.8 Å². The van der Waals surface area contributed by atoms with Gasteiger partial charge in [0, 0.05) is 25.0 Å². The van der Waals surface area contributed by atoms with Crippen LogP contribution in [-0.4, -0.2) is 33.8 Å². The second kappa shape index (κ2) is 8.36. The number of allylic oxidation sites excluding steroid dienone is 3. The smallest absolute Gasteiger partial charge is 0.353 e. The highest BCUT2D eigenvalue weighted by atomic mass is 19.4. The van der Waals surface area contributed by atoms with Gasteiger partial charge in [-0.1, -0.05) is 12.2 Å². The number of nitrogens with one attached hydrogen (secondary N) is 5. The van der Waals surface area contributed by atoms with Crippen LogP contribution in [0.2, 0.25) is 0 Å². The van der Waals surface area contributed by atoms with Gasteiger partial charge >= 0.3 is 6.18 Å². The van der Waals surface area contributed by atoms with Crippen molar-refractivity contribution in [3.05, 3.63) is 59.6 Å².